The highest BCUT2D eigenvalue weighted by Crippen LogP contribution is 2.62. The van der Waals surface area contributed by atoms with Gasteiger partial charge in [0.15, 0.2) is 0 Å². The fraction of sp³-hybridized carbons (Fsp3) is 0.882. The average molecular weight is 311 g/mol. The quantitative estimate of drug-likeness (QED) is 0.765. The van der Waals surface area contributed by atoms with Crippen LogP contribution in [0.1, 0.15) is 66.7 Å². The van der Waals surface area contributed by atoms with E-state index in [1.165, 1.54) is 19.3 Å². The van der Waals surface area contributed by atoms with Gasteiger partial charge in [-0.2, -0.15) is 0 Å². The first-order valence-electron chi connectivity index (χ1n) is 8.25. The van der Waals surface area contributed by atoms with Crippen molar-refractivity contribution < 1.29 is 4.79 Å². The molecule has 4 heteroatoms. The Morgan fingerprint density at radius 2 is 1.90 bits per heavy atom. The zero-order valence-corrected chi connectivity index (χ0v) is 14.9. The lowest BCUT2D eigenvalue weighted by molar-refractivity contribution is -0.130. The summed E-state index contributed by atoms with van der Waals surface area (Å²) in [6.45, 7) is 10.9. The lowest BCUT2D eigenvalue weighted by atomic mass is 9.68. The summed E-state index contributed by atoms with van der Waals surface area (Å²) < 4.78 is 0. The number of carbonyl (C=O) groups excluding carboxylic acids is 1. The van der Waals surface area contributed by atoms with Crippen molar-refractivity contribution >= 4 is 23.1 Å². The summed E-state index contributed by atoms with van der Waals surface area (Å²) in [5, 5.41) is 3.36. The second-order valence-corrected chi connectivity index (χ2v) is 8.41. The van der Waals surface area contributed by atoms with Crippen molar-refractivity contribution in [1.82, 2.24) is 5.32 Å². The smallest absolute Gasteiger partial charge is 0.233 e. The monoisotopic (exact) mass is 310 g/mol. The maximum absolute atomic E-state index is 13.0. The summed E-state index contributed by atoms with van der Waals surface area (Å²) in [4.78, 5) is 13.3. The van der Waals surface area contributed by atoms with E-state index in [4.69, 9.17) is 18.0 Å². The molecule has 0 heterocycles. The van der Waals surface area contributed by atoms with E-state index in [9.17, 15) is 4.79 Å². The van der Waals surface area contributed by atoms with E-state index >= 15 is 0 Å². The third-order valence-corrected chi connectivity index (χ3v) is 7.05. The van der Waals surface area contributed by atoms with Gasteiger partial charge in [-0.1, -0.05) is 46.8 Å². The van der Waals surface area contributed by atoms with E-state index in [2.05, 4.69) is 26.1 Å². The average Bonchev–Trinajstić information content (AvgIpc) is 2.87. The summed E-state index contributed by atoms with van der Waals surface area (Å²) in [6, 6.07) is 0.225. The van der Waals surface area contributed by atoms with E-state index in [0.717, 1.165) is 5.92 Å². The molecule has 3 atom stereocenters. The molecule has 2 aliphatic rings. The van der Waals surface area contributed by atoms with E-state index in [0.29, 0.717) is 17.8 Å². The predicted molar refractivity (Wildman–Crippen MR) is 91.0 cm³/mol. The zero-order chi connectivity index (χ0) is 16.1. The van der Waals surface area contributed by atoms with Crippen LogP contribution in [-0.4, -0.2) is 16.9 Å². The molecule has 0 aromatic rings. The van der Waals surface area contributed by atoms with Crippen molar-refractivity contribution in [2.24, 2.45) is 27.9 Å². The molecule has 1 amide bonds. The van der Waals surface area contributed by atoms with Crippen LogP contribution >= 0.6 is 12.2 Å². The van der Waals surface area contributed by atoms with Crippen molar-refractivity contribution in [3.8, 4) is 0 Å². The summed E-state index contributed by atoms with van der Waals surface area (Å²) in [5.74, 6) is 0.752. The Labute approximate surface area is 134 Å². The molecule has 21 heavy (non-hydrogen) atoms. The molecule has 120 valence electrons. The lowest BCUT2D eigenvalue weighted by Gasteiger charge is -2.44. The molecule has 3 unspecified atom stereocenters. The number of hydrogen-bond donors (Lipinski definition) is 2. The van der Waals surface area contributed by atoms with Crippen LogP contribution in [0.15, 0.2) is 0 Å². The topological polar surface area (TPSA) is 55.1 Å². The SMILES string of the molecule is CCC(CC)(C(=O)NC1C2(C)CCC(C2)C1(C)C)C(N)=S. The number of rotatable bonds is 5. The molecule has 3 nitrogen and oxygen atoms in total. The zero-order valence-electron chi connectivity index (χ0n) is 14.1. The Morgan fingerprint density at radius 3 is 2.29 bits per heavy atom. The van der Waals surface area contributed by atoms with Crippen LogP contribution in [0, 0.1) is 22.2 Å². The third-order valence-electron chi connectivity index (χ3n) is 6.66. The van der Waals surface area contributed by atoms with Crippen molar-refractivity contribution in [3.63, 3.8) is 0 Å². The van der Waals surface area contributed by atoms with Crippen LogP contribution in [0.5, 0.6) is 0 Å². The molecule has 0 aliphatic heterocycles. The maximum atomic E-state index is 13.0. The highest BCUT2D eigenvalue weighted by molar-refractivity contribution is 7.80. The first-order chi connectivity index (χ1) is 9.64. The Kier molecular flexibility index (Phi) is 4.16. The molecule has 0 radical (unpaired) electrons. The summed E-state index contributed by atoms with van der Waals surface area (Å²) >= 11 is 5.21. The second kappa shape index (κ2) is 5.22. The fourth-order valence-corrected chi connectivity index (χ4v) is 5.34. The van der Waals surface area contributed by atoms with Gasteiger partial charge < -0.3 is 11.1 Å². The number of hydrogen-bond acceptors (Lipinski definition) is 2. The normalized spacial score (nSPS) is 34.0. The van der Waals surface area contributed by atoms with E-state index in [1.807, 2.05) is 13.8 Å². The van der Waals surface area contributed by atoms with Gasteiger partial charge in [-0.05, 0) is 48.9 Å². The molecule has 0 spiro atoms. The van der Waals surface area contributed by atoms with Crippen LogP contribution in [-0.2, 0) is 4.79 Å². The molecule has 0 aromatic carbocycles. The number of carbonyl (C=O) groups is 1. The van der Waals surface area contributed by atoms with Crippen LogP contribution in [0.2, 0.25) is 0 Å². The maximum Gasteiger partial charge on any atom is 0.233 e. The van der Waals surface area contributed by atoms with Crippen molar-refractivity contribution in [2.45, 2.75) is 72.8 Å². The number of nitrogens with one attached hydrogen (secondary N) is 1. The van der Waals surface area contributed by atoms with Gasteiger partial charge in [-0.3, -0.25) is 4.79 Å². The molecule has 2 saturated carbocycles. The Bertz CT molecular complexity index is 451. The molecule has 0 saturated heterocycles. The van der Waals surface area contributed by atoms with Crippen molar-refractivity contribution in [2.75, 3.05) is 0 Å². The largest absolute Gasteiger partial charge is 0.392 e. The minimum Gasteiger partial charge on any atom is -0.392 e. The minimum absolute atomic E-state index is 0.0341. The van der Waals surface area contributed by atoms with Crippen LogP contribution < -0.4 is 11.1 Å². The van der Waals surface area contributed by atoms with Crippen molar-refractivity contribution in [1.29, 1.82) is 0 Å². The first kappa shape index (κ1) is 16.7. The van der Waals surface area contributed by atoms with Gasteiger partial charge in [0.05, 0.1) is 10.4 Å². The number of thiocarbonyl (C=S) groups is 1. The Morgan fingerprint density at radius 1 is 1.33 bits per heavy atom. The van der Waals surface area contributed by atoms with E-state index in [-0.39, 0.29) is 22.8 Å². The van der Waals surface area contributed by atoms with Crippen LogP contribution in [0.4, 0.5) is 0 Å². The van der Waals surface area contributed by atoms with E-state index < -0.39 is 5.41 Å². The summed E-state index contributed by atoms with van der Waals surface area (Å²) in [7, 11) is 0. The summed E-state index contributed by atoms with van der Waals surface area (Å²) in [5.41, 5.74) is 5.61. The highest BCUT2D eigenvalue weighted by Gasteiger charge is 2.60. The molecular weight excluding hydrogens is 280 g/mol. The summed E-state index contributed by atoms with van der Waals surface area (Å²) in [6.07, 6.45) is 5.06. The molecular formula is C17H30N2OS. The fourth-order valence-electron chi connectivity index (χ4n) is 4.96. The van der Waals surface area contributed by atoms with Gasteiger partial charge >= 0.3 is 0 Å². The Balaban J connectivity index is 2.25. The molecule has 3 N–H and O–H groups in total. The third kappa shape index (κ3) is 2.30. The van der Waals surface area contributed by atoms with Gasteiger partial charge in [0.1, 0.15) is 0 Å². The second-order valence-electron chi connectivity index (χ2n) is 7.98. The lowest BCUT2D eigenvalue weighted by Crippen LogP contribution is -2.58. The molecule has 2 bridgehead atoms. The molecule has 2 aliphatic carbocycles. The minimum atomic E-state index is -0.691. The van der Waals surface area contributed by atoms with E-state index in [1.54, 1.807) is 0 Å². The van der Waals surface area contributed by atoms with Gasteiger partial charge in [-0.25, -0.2) is 0 Å². The van der Waals surface area contributed by atoms with Crippen LogP contribution in [0.3, 0.4) is 0 Å². The highest BCUT2D eigenvalue weighted by atomic mass is 32.1. The standard InChI is InChI=1S/C17H30N2OS/c1-6-17(7-2,13(18)21)14(20)19-12-15(3,4)11-8-9-16(12,5)10-11/h11-12H,6-10H2,1-5H3,(H2,18,21)(H,19,20). The Hall–Kier alpha value is -0.640. The number of fused-ring (bicyclic) bond motifs is 2. The first-order valence-corrected chi connectivity index (χ1v) is 8.65. The molecule has 0 aromatic heterocycles. The van der Waals surface area contributed by atoms with Gasteiger partial charge in [0.25, 0.3) is 0 Å². The number of amides is 1. The van der Waals surface area contributed by atoms with Gasteiger partial charge in [-0.15, -0.1) is 0 Å². The molecule has 2 fully saturated rings. The predicted octanol–water partition coefficient (Wildman–Crippen LogP) is 3.41. The van der Waals surface area contributed by atoms with Crippen molar-refractivity contribution in [3.05, 3.63) is 0 Å². The van der Waals surface area contributed by atoms with Gasteiger partial charge in [0.2, 0.25) is 5.91 Å². The number of nitrogens with two attached hydrogens (primary N) is 1. The van der Waals surface area contributed by atoms with Gasteiger partial charge in [0, 0.05) is 6.04 Å². The van der Waals surface area contributed by atoms with Crippen LogP contribution in [0.25, 0.3) is 0 Å². The molecule has 2 rings (SSSR count).